The van der Waals surface area contributed by atoms with Crippen molar-refractivity contribution in [3.8, 4) is 0 Å². The van der Waals surface area contributed by atoms with Gasteiger partial charge in [-0.15, -0.1) is 0 Å². The maximum absolute atomic E-state index is 3.05. The molecule has 0 aliphatic rings. The van der Waals surface area contributed by atoms with Gasteiger partial charge in [-0.3, -0.25) is 0 Å². The van der Waals surface area contributed by atoms with Crippen LogP contribution in [0.2, 0.25) is 0 Å². The van der Waals surface area contributed by atoms with Crippen LogP contribution in [-0.4, -0.2) is 16.0 Å². The summed E-state index contributed by atoms with van der Waals surface area (Å²) in [5.74, 6) is 0.623. The molecule has 0 aliphatic heterocycles. The molecule has 53 valence electrons. The third-order valence-corrected chi connectivity index (χ3v) is 2.32. The quantitative estimate of drug-likeness (QED) is 0.601. The van der Waals surface area contributed by atoms with E-state index in [4.69, 9.17) is 0 Å². The number of hydrogen-bond acceptors (Lipinski definition) is 0. The van der Waals surface area contributed by atoms with E-state index in [1.807, 2.05) is 0 Å². The van der Waals surface area contributed by atoms with E-state index in [-0.39, 0.29) is 0 Å². The van der Waals surface area contributed by atoms with E-state index in [0.717, 1.165) is 0 Å². The van der Waals surface area contributed by atoms with Gasteiger partial charge in [0.05, 0.1) is 0 Å². The molecule has 10 heavy (non-hydrogen) atoms. The first-order valence-corrected chi connectivity index (χ1v) is 4.33. The van der Waals surface area contributed by atoms with Crippen LogP contribution < -0.4 is 4.46 Å². The van der Waals surface area contributed by atoms with Crippen molar-refractivity contribution in [3.05, 3.63) is 29.8 Å². The van der Waals surface area contributed by atoms with Gasteiger partial charge in [0.25, 0.3) is 0 Å². The van der Waals surface area contributed by atoms with Crippen LogP contribution >= 0.6 is 0 Å². The molecule has 0 amide bonds. The summed E-state index contributed by atoms with van der Waals surface area (Å²) < 4.78 is 1.28. The summed E-state index contributed by atoms with van der Waals surface area (Å²) in [5, 5.41) is 0. The van der Waals surface area contributed by atoms with Gasteiger partial charge in [-0.25, -0.2) is 0 Å². The fourth-order valence-electron chi connectivity index (χ4n) is 0.958. The van der Waals surface area contributed by atoms with Crippen LogP contribution in [0.3, 0.4) is 0 Å². The minimum atomic E-state index is 0.623. The van der Waals surface area contributed by atoms with Crippen LogP contribution in [0.1, 0.15) is 25.3 Å². The summed E-state index contributed by atoms with van der Waals surface area (Å²) in [6, 6.07) is 8.40. The van der Waals surface area contributed by atoms with Crippen molar-refractivity contribution in [1.82, 2.24) is 0 Å². The van der Waals surface area contributed by atoms with Crippen LogP contribution in [0.4, 0.5) is 0 Å². The maximum atomic E-state index is 3.05. The summed E-state index contributed by atoms with van der Waals surface area (Å²) in [4.78, 5) is 0. The van der Waals surface area contributed by atoms with Crippen molar-refractivity contribution in [2.24, 2.45) is 0 Å². The average Bonchev–Trinajstić information content (AvgIpc) is 1.88. The van der Waals surface area contributed by atoms with E-state index in [9.17, 15) is 0 Å². The topological polar surface area (TPSA) is 0 Å². The van der Waals surface area contributed by atoms with E-state index in [0.29, 0.717) is 5.92 Å². The fourth-order valence-corrected chi connectivity index (χ4v) is 1.76. The zero-order valence-corrected chi connectivity index (χ0v) is 8.01. The third kappa shape index (κ3) is 1.62. The Morgan fingerprint density at radius 1 is 1.20 bits per heavy atom. The molecule has 1 rings (SSSR count). The Labute approximate surface area is 70.5 Å². The van der Waals surface area contributed by atoms with E-state index >= 15 is 0 Å². The van der Waals surface area contributed by atoms with Crippen molar-refractivity contribution in [2.75, 3.05) is 0 Å². The molecule has 0 atom stereocenters. The standard InChI is InChI=1S/C9H11Se/c1-7(2)8-5-3-4-6-9(8)10/h3-7H,1-2H3. The number of rotatable bonds is 1. The zero-order valence-electron chi connectivity index (χ0n) is 6.29. The van der Waals surface area contributed by atoms with Gasteiger partial charge < -0.3 is 0 Å². The molecular formula is C9H11Se. The second-order valence-electron chi connectivity index (χ2n) is 2.69. The summed E-state index contributed by atoms with van der Waals surface area (Å²) in [5.41, 5.74) is 1.41. The zero-order chi connectivity index (χ0) is 7.56. The van der Waals surface area contributed by atoms with E-state index < -0.39 is 0 Å². The van der Waals surface area contributed by atoms with Crippen LogP contribution in [0.25, 0.3) is 0 Å². The van der Waals surface area contributed by atoms with Crippen molar-refractivity contribution in [1.29, 1.82) is 0 Å². The van der Waals surface area contributed by atoms with Crippen LogP contribution in [-0.2, 0) is 0 Å². The van der Waals surface area contributed by atoms with E-state index in [2.05, 4.69) is 54.1 Å². The second-order valence-corrected chi connectivity index (χ2v) is 3.62. The first-order chi connectivity index (χ1) is 4.72. The first-order valence-electron chi connectivity index (χ1n) is 3.47. The molecular weight excluding hydrogens is 187 g/mol. The van der Waals surface area contributed by atoms with Gasteiger partial charge in [-0.2, -0.15) is 0 Å². The third-order valence-electron chi connectivity index (χ3n) is 1.54. The van der Waals surface area contributed by atoms with Crippen molar-refractivity contribution in [2.45, 2.75) is 19.8 Å². The van der Waals surface area contributed by atoms with Crippen LogP contribution in [0, 0.1) is 0 Å². The molecule has 0 N–H and O–H groups in total. The summed E-state index contributed by atoms with van der Waals surface area (Å²) in [6.07, 6.45) is 0. The SMILES string of the molecule is CC(C)c1ccccc1[Se]. The molecule has 0 saturated heterocycles. The Hall–Kier alpha value is -0.261. The first kappa shape index (κ1) is 7.84. The van der Waals surface area contributed by atoms with Crippen molar-refractivity contribution >= 4 is 20.5 Å². The number of benzene rings is 1. The molecule has 1 aromatic rings. The minimum absolute atomic E-state index is 0.623. The molecule has 0 saturated carbocycles. The Bertz CT molecular complexity index is 216. The van der Waals surface area contributed by atoms with Gasteiger partial charge in [-0.1, -0.05) is 0 Å². The monoisotopic (exact) mass is 199 g/mol. The molecule has 1 radical (unpaired) electrons. The van der Waals surface area contributed by atoms with E-state index in [1.165, 1.54) is 10.0 Å². The predicted octanol–water partition coefficient (Wildman–Crippen LogP) is 1.60. The fraction of sp³-hybridized carbons (Fsp3) is 0.333. The molecule has 0 nitrogen and oxygen atoms in total. The Kier molecular flexibility index (Phi) is 2.53. The van der Waals surface area contributed by atoms with Gasteiger partial charge in [0.15, 0.2) is 0 Å². The number of hydrogen-bond donors (Lipinski definition) is 0. The van der Waals surface area contributed by atoms with Crippen LogP contribution in [0.5, 0.6) is 0 Å². The molecule has 0 unspecified atom stereocenters. The Morgan fingerprint density at radius 2 is 1.80 bits per heavy atom. The predicted molar refractivity (Wildman–Crippen MR) is 45.9 cm³/mol. The molecule has 0 heterocycles. The van der Waals surface area contributed by atoms with Crippen LogP contribution in [0.15, 0.2) is 24.3 Å². The molecule has 0 fully saturated rings. The Morgan fingerprint density at radius 3 is 2.20 bits per heavy atom. The van der Waals surface area contributed by atoms with Gasteiger partial charge >= 0.3 is 70.1 Å². The molecule has 0 bridgehead atoms. The van der Waals surface area contributed by atoms with E-state index in [1.54, 1.807) is 0 Å². The van der Waals surface area contributed by atoms with Crippen molar-refractivity contribution < 1.29 is 0 Å². The molecule has 0 aromatic heterocycles. The summed E-state index contributed by atoms with van der Waals surface area (Å²) in [6.45, 7) is 4.41. The van der Waals surface area contributed by atoms with Gasteiger partial charge in [0.1, 0.15) is 0 Å². The molecule has 0 aliphatic carbocycles. The van der Waals surface area contributed by atoms with Gasteiger partial charge in [0.2, 0.25) is 0 Å². The average molecular weight is 198 g/mol. The van der Waals surface area contributed by atoms with Gasteiger partial charge in [0, 0.05) is 0 Å². The van der Waals surface area contributed by atoms with Crippen molar-refractivity contribution in [3.63, 3.8) is 0 Å². The normalized spacial score (nSPS) is 10.3. The van der Waals surface area contributed by atoms with Gasteiger partial charge in [-0.05, 0) is 0 Å². The molecule has 1 aromatic carbocycles. The second kappa shape index (κ2) is 3.23. The Balaban J connectivity index is 3.03. The molecule has 1 heteroatoms. The molecule has 0 spiro atoms. The summed E-state index contributed by atoms with van der Waals surface area (Å²) >= 11 is 3.05. The summed E-state index contributed by atoms with van der Waals surface area (Å²) in [7, 11) is 0.